The van der Waals surface area contributed by atoms with Crippen LogP contribution >= 0.6 is 0 Å². The molecule has 0 spiro atoms. The van der Waals surface area contributed by atoms with Gasteiger partial charge in [-0.3, -0.25) is 4.79 Å². The van der Waals surface area contributed by atoms with Crippen molar-refractivity contribution in [2.45, 2.75) is 20.0 Å². The number of aliphatic hydroxyl groups is 1. The van der Waals surface area contributed by atoms with Crippen molar-refractivity contribution in [2.75, 3.05) is 5.32 Å². The standard InChI is InChI=1S/C12H17N3O3/c1-2-10(11(13)15-18)12(17)14-9-5-3-8(7-16)4-6-9/h3-6,10,16,18H,2,7H2,1H3,(H2,13,15)(H,14,17). The quantitative estimate of drug-likeness (QED) is 0.270. The summed E-state index contributed by atoms with van der Waals surface area (Å²) < 4.78 is 0. The first-order valence-electron chi connectivity index (χ1n) is 5.60. The van der Waals surface area contributed by atoms with E-state index in [1.54, 1.807) is 31.2 Å². The van der Waals surface area contributed by atoms with E-state index in [9.17, 15) is 4.79 Å². The number of hydrogen-bond donors (Lipinski definition) is 4. The molecule has 0 bridgehead atoms. The molecule has 1 atom stereocenters. The first-order chi connectivity index (χ1) is 8.62. The lowest BCUT2D eigenvalue weighted by Crippen LogP contribution is -2.34. The lowest BCUT2D eigenvalue weighted by atomic mass is 10.0. The second-order valence-electron chi connectivity index (χ2n) is 3.83. The molecule has 0 saturated carbocycles. The molecule has 1 aromatic carbocycles. The number of benzene rings is 1. The highest BCUT2D eigenvalue weighted by Gasteiger charge is 2.21. The van der Waals surface area contributed by atoms with Gasteiger partial charge in [-0.2, -0.15) is 0 Å². The number of carbonyl (C=O) groups is 1. The fraction of sp³-hybridized carbons (Fsp3) is 0.333. The van der Waals surface area contributed by atoms with Gasteiger partial charge in [0.05, 0.1) is 12.5 Å². The van der Waals surface area contributed by atoms with Crippen LogP contribution in [0.3, 0.4) is 0 Å². The summed E-state index contributed by atoms with van der Waals surface area (Å²) in [6, 6.07) is 6.78. The summed E-state index contributed by atoms with van der Waals surface area (Å²) >= 11 is 0. The molecule has 1 unspecified atom stereocenters. The van der Waals surface area contributed by atoms with Crippen LogP contribution in [0.4, 0.5) is 5.69 Å². The second kappa shape index (κ2) is 6.61. The number of aliphatic hydroxyl groups excluding tert-OH is 1. The molecule has 0 aliphatic heterocycles. The smallest absolute Gasteiger partial charge is 0.235 e. The molecule has 1 rings (SSSR count). The van der Waals surface area contributed by atoms with Crippen LogP contribution in [-0.2, 0) is 11.4 Å². The van der Waals surface area contributed by atoms with Crippen LogP contribution in [0.25, 0.3) is 0 Å². The molecule has 0 saturated heterocycles. The number of nitrogens with one attached hydrogen (secondary N) is 1. The van der Waals surface area contributed by atoms with Crippen molar-refractivity contribution in [2.24, 2.45) is 16.8 Å². The van der Waals surface area contributed by atoms with Crippen LogP contribution in [0, 0.1) is 5.92 Å². The first-order valence-corrected chi connectivity index (χ1v) is 5.60. The normalized spacial score (nSPS) is 13.1. The van der Waals surface area contributed by atoms with Gasteiger partial charge in [-0.05, 0) is 24.1 Å². The molecule has 0 aliphatic rings. The first kappa shape index (κ1) is 14.0. The minimum Gasteiger partial charge on any atom is -0.409 e. The molecule has 98 valence electrons. The summed E-state index contributed by atoms with van der Waals surface area (Å²) in [5, 5.41) is 23.0. The minimum absolute atomic E-state index is 0.0457. The van der Waals surface area contributed by atoms with Gasteiger partial charge in [0.1, 0.15) is 0 Å². The molecular weight excluding hydrogens is 234 g/mol. The van der Waals surface area contributed by atoms with Crippen LogP contribution < -0.4 is 11.1 Å². The summed E-state index contributed by atoms with van der Waals surface area (Å²) in [5.74, 6) is -1.10. The van der Waals surface area contributed by atoms with Crippen molar-refractivity contribution in [3.63, 3.8) is 0 Å². The highest BCUT2D eigenvalue weighted by molar-refractivity contribution is 6.07. The van der Waals surface area contributed by atoms with Gasteiger partial charge in [-0.15, -0.1) is 0 Å². The van der Waals surface area contributed by atoms with Gasteiger partial charge in [0.2, 0.25) is 5.91 Å². The molecule has 1 aromatic rings. The van der Waals surface area contributed by atoms with Crippen molar-refractivity contribution in [1.29, 1.82) is 0 Å². The van der Waals surface area contributed by atoms with E-state index >= 15 is 0 Å². The molecule has 0 fully saturated rings. The maximum atomic E-state index is 11.9. The Kier molecular flexibility index (Phi) is 5.13. The Balaban J connectivity index is 2.73. The lowest BCUT2D eigenvalue weighted by Gasteiger charge is -2.13. The van der Waals surface area contributed by atoms with E-state index in [1.165, 1.54) is 0 Å². The van der Waals surface area contributed by atoms with Gasteiger partial charge in [0.15, 0.2) is 5.84 Å². The van der Waals surface area contributed by atoms with Crippen LogP contribution in [0.1, 0.15) is 18.9 Å². The van der Waals surface area contributed by atoms with E-state index in [4.69, 9.17) is 16.0 Å². The van der Waals surface area contributed by atoms with Gasteiger partial charge in [-0.25, -0.2) is 0 Å². The number of nitrogens with two attached hydrogens (primary N) is 1. The summed E-state index contributed by atoms with van der Waals surface area (Å²) in [6.07, 6.45) is 0.441. The Morgan fingerprint density at radius 2 is 2.06 bits per heavy atom. The highest BCUT2D eigenvalue weighted by Crippen LogP contribution is 2.12. The SMILES string of the molecule is CCC(C(=O)Nc1ccc(CO)cc1)/C(N)=N/O. The number of nitrogens with zero attached hydrogens (tertiary/aromatic N) is 1. The molecule has 0 heterocycles. The summed E-state index contributed by atoms with van der Waals surface area (Å²) in [6.45, 7) is 1.73. The van der Waals surface area contributed by atoms with Crippen LogP contribution in [-0.4, -0.2) is 22.1 Å². The third-order valence-corrected chi connectivity index (χ3v) is 2.60. The van der Waals surface area contributed by atoms with Crippen LogP contribution in [0.5, 0.6) is 0 Å². The molecule has 0 aromatic heterocycles. The number of amides is 1. The molecule has 0 aliphatic carbocycles. The van der Waals surface area contributed by atoms with E-state index < -0.39 is 5.92 Å². The number of hydrogen-bond acceptors (Lipinski definition) is 4. The van der Waals surface area contributed by atoms with Crippen LogP contribution in [0.2, 0.25) is 0 Å². The Morgan fingerprint density at radius 1 is 1.44 bits per heavy atom. The topological polar surface area (TPSA) is 108 Å². The Bertz CT molecular complexity index is 429. The number of carbonyl (C=O) groups excluding carboxylic acids is 1. The Morgan fingerprint density at radius 3 is 2.50 bits per heavy atom. The van der Waals surface area contributed by atoms with Gasteiger partial charge in [0.25, 0.3) is 0 Å². The molecule has 6 nitrogen and oxygen atoms in total. The second-order valence-corrected chi connectivity index (χ2v) is 3.83. The van der Waals surface area contributed by atoms with Crippen molar-refractivity contribution in [3.05, 3.63) is 29.8 Å². The lowest BCUT2D eigenvalue weighted by molar-refractivity contribution is -0.118. The monoisotopic (exact) mass is 251 g/mol. The fourth-order valence-corrected chi connectivity index (χ4v) is 1.52. The number of amidine groups is 1. The van der Waals surface area contributed by atoms with Crippen molar-refractivity contribution < 1.29 is 15.1 Å². The summed E-state index contributed by atoms with van der Waals surface area (Å²) in [7, 11) is 0. The third kappa shape index (κ3) is 3.46. The molecular formula is C12H17N3O3. The van der Waals surface area contributed by atoms with Gasteiger partial charge < -0.3 is 21.4 Å². The minimum atomic E-state index is -0.660. The van der Waals surface area contributed by atoms with Crippen molar-refractivity contribution >= 4 is 17.4 Å². The maximum Gasteiger partial charge on any atom is 0.235 e. The number of anilines is 1. The van der Waals surface area contributed by atoms with E-state index in [0.29, 0.717) is 12.1 Å². The van der Waals surface area contributed by atoms with E-state index in [-0.39, 0.29) is 18.3 Å². The van der Waals surface area contributed by atoms with Gasteiger partial charge in [0, 0.05) is 5.69 Å². The average molecular weight is 251 g/mol. The number of oxime groups is 1. The van der Waals surface area contributed by atoms with Crippen LogP contribution in [0.15, 0.2) is 29.4 Å². The van der Waals surface area contributed by atoms with Gasteiger partial charge in [-0.1, -0.05) is 24.2 Å². The predicted octanol–water partition coefficient (Wildman–Crippen LogP) is 0.890. The zero-order valence-corrected chi connectivity index (χ0v) is 10.1. The van der Waals surface area contributed by atoms with Gasteiger partial charge >= 0.3 is 0 Å². The Hall–Kier alpha value is -2.08. The van der Waals surface area contributed by atoms with E-state index in [0.717, 1.165) is 5.56 Å². The zero-order chi connectivity index (χ0) is 13.5. The summed E-state index contributed by atoms with van der Waals surface area (Å²) in [5.41, 5.74) is 6.79. The zero-order valence-electron chi connectivity index (χ0n) is 10.1. The molecule has 0 radical (unpaired) electrons. The maximum absolute atomic E-state index is 11.9. The molecule has 1 amide bonds. The van der Waals surface area contributed by atoms with Crippen molar-refractivity contribution in [3.8, 4) is 0 Å². The molecule has 6 heteroatoms. The molecule has 5 N–H and O–H groups in total. The molecule has 18 heavy (non-hydrogen) atoms. The van der Waals surface area contributed by atoms with E-state index in [1.807, 2.05) is 0 Å². The largest absolute Gasteiger partial charge is 0.409 e. The Labute approximate surface area is 105 Å². The highest BCUT2D eigenvalue weighted by atomic mass is 16.4. The summed E-state index contributed by atoms with van der Waals surface area (Å²) in [4.78, 5) is 11.9. The predicted molar refractivity (Wildman–Crippen MR) is 68.2 cm³/mol. The third-order valence-electron chi connectivity index (χ3n) is 2.60. The fourth-order valence-electron chi connectivity index (χ4n) is 1.52. The average Bonchev–Trinajstić information content (AvgIpc) is 2.40. The van der Waals surface area contributed by atoms with E-state index in [2.05, 4.69) is 10.5 Å². The van der Waals surface area contributed by atoms with Crippen molar-refractivity contribution in [1.82, 2.24) is 0 Å². The number of rotatable bonds is 5.